The second-order valence-corrected chi connectivity index (χ2v) is 4.21. The van der Waals surface area contributed by atoms with E-state index in [0.29, 0.717) is 13.2 Å². The molecule has 1 amide bonds. The molecule has 1 aromatic heterocycles. The van der Waals surface area contributed by atoms with E-state index in [4.69, 9.17) is 4.74 Å². The highest BCUT2D eigenvalue weighted by Crippen LogP contribution is 2.20. The van der Waals surface area contributed by atoms with E-state index >= 15 is 0 Å². The van der Waals surface area contributed by atoms with Crippen molar-refractivity contribution < 1.29 is 18.3 Å². The number of halogens is 2. The van der Waals surface area contributed by atoms with Crippen LogP contribution in [0.1, 0.15) is 24.2 Å². The van der Waals surface area contributed by atoms with E-state index in [1.807, 2.05) is 6.92 Å². The van der Waals surface area contributed by atoms with E-state index in [2.05, 4.69) is 10.4 Å². The zero-order valence-electron chi connectivity index (χ0n) is 11.7. The van der Waals surface area contributed by atoms with E-state index in [0.717, 1.165) is 18.2 Å². The number of carbonyl (C=O) groups is 1. The molecule has 0 aliphatic heterocycles. The number of hydrogen-bond donors (Lipinski definition) is 1. The van der Waals surface area contributed by atoms with Crippen molar-refractivity contribution in [2.75, 3.05) is 11.9 Å². The van der Waals surface area contributed by atoms with Crippen molar-refractivity contribution in [3.8, 4) is 5.88 Å². The summed E-state index contributed by atoms with van der Waals surface area (Å²) in [5, 5.41) is 6.40. The molecule has 0 unspecified atom stereocenters. The molecule has 0 atom stereocenters. The molecule has 0 bridgehead atoms. The average Bonchev–Trinajstić information content (AvgIpc) is 2.86. The Hall–Kier alpha value is -2.44. The molecular formula is C14H15F2N3O2. The van der Waals surface area contributed by atoms with Crippen LogP contribution >= 0.6 is 0 Å². The van der Waals surface area contributed by atoms with Gasteiger partial charge in [0.2, 0.25) is 5.88 Å². The van der Waals surface area contributed by atoms with Gasteiger partial charge in [-0.3, -0.25) is 9.48 Å². The van der Waals surface area contributed by atoms with Gasteiger partial charge >= 0.3 is 0 Å². The van der Waals surface area contributed by atoms with Crippen LogP contribution in [0.15, 0.2) is 24.4 Å². The Morgan fingerprint density at radius 2 is 2.14 bits per heavy atom. The van der Waals surface area contributed by atoms with Gasteiger partial charge in [0.25, 0.3) is 5.91 Å². The van der Waals surface area contributed by atoms with Crippen molar-refractivity contribution in [1.82, 2.24) is 9.78 Å². The van der Waals surface area contributed by atoms with Gasteiger partial charge in [-0.15, -0.1) is 5.10 Å². The Labute approximate surface area is 120 Å². The van der Waals surface area contributed by atoms with Gasteiger partial charge in [0.1, 0.15) is 17.2 Å². The van der Waals surface area contributed by atoms with Crippen LogP contribution in [0, 0.1) is 11.6 Å². The van der Waals surface area contributed by atoms with E-state index in [-0.39, 0.29) is 17.1 Å². The Kier molecular flexibility index (Phi) is 4.52. The number of amides is 1. The lowest BCUT2D eigenvalue weighted by Gasteiger charge is -2.06. The Bertz CT molecular complexity index is 656. The van der Waals surface area contributed by atoms with Gasteiger partial charge in [-0.2, -0.15) is 0 Å². The molecule has 0 radical (unpaired) electrons. The molecule has 7 heteroatoms. The highest BCUT2D eigenvalue weighted by Gasteiger charge is 2.19. The van der Waals surface area contributed by atoms with Gasteiger partial charge in [0, 0.05) is 18.8 Å². The van der Waals surface area contributed by atoms with E-state index < -0.39 is 17.5 Å². The molecule has 1 aromatic carbocycles. The van der Waals surface area contributed by atoms with Crippen LogP contribution in [0.5, 0.6) is 5.88 Å². The lowest BCUT2D eigenvalue weighted by atomic mass is 10.2. The maximum Gasteiger partial charge on any atom is 0.262 e. The highest BCUT2D eigenvalue weighted by atomic mass is 19.1. The first-order valence-electron chi connectivity index (χ1n) is 6.51. The van der Waals surface area contributed by atoms with E-state index in [9.17, 15) is 13.6 Å². The van der Waals surface area contributed by atoms with Gasteiger partial charge in [-0.25, -0.2) is 8.78 Å². The van der Waals surface area contributed by atoms with Crippen LogP contribution in [0.3, 0.4) is 0 Å². The molecular weight excluding hydrogens is 280 g/mol. The number of aromatic nitrogens is 2. The van der Waals surface area contributed by atoms with E-state index in [1.165, 1.54) is 10.9 Å². The van der Waals surface area contributed by atoms with Gasteiger partial charge in [0.05, 0.1) is 12.3 Å². The van der Waals surface area contributed by atoms with Crippen LogP contribution in [-0.4, -0.2) is 22.3 Å². The predicted octanol–water partition coefficient (Wildman–Crippen LogP) is 2.83. The minimum absolute atomic E-state index is 0.161. The summed E-state index contributed by atoms with van der Waals surface area (Å²) in [6, 6.07) is 2.84. The van der Waals surface area contributed by atoms with Crippen molar-refractivity contribution in [1.29, 1.82) is 0 Å². The number of rotatable bonds is 5. The third kappa shape index (κ3) is 3.36. The molecule has 0 saturated heterocycles. The standard InChI is InChI=1S/C14H15F2N3O2/c1-3-19-8-10(14(18-19)21-4-2)13(20)17-12-7-9(15)5-6-11(12)16/h5-8H,3-4H2,1-2H3,(H,17,20). The van der Waals surface area contributed by atoms with Crippen LogP contribution in [-0.2, 0) is 6.54 Å². The zero-order chi connectivity index (χ0) is 15.4. The Morgan fingerprint density at radius 1 is 1.38 bits per heavy atom. The molecule has 2 rings (SSSR count). The predicted molar refractivity (Wildman–Crippen MR) is 73.4 cm³/mol. The maximum absolute atomic E-state index is 13.5. The topological polar surface area (TPSA) is 56.2 Å². The van der Waals surface area contributed by atoms with Crippen molar-refractivity contribution in [3.63, 3.8) is 0 Å². The van der Waals surface area contributed by atoms with Crippen molar-refractivity contribution in [2.45, 2.75) is 20.4 Å². The van der Waals surface area contributed by atoms with Crippen molar-refractivity contribution in [2.24, 2.45) is 0 Å². The normalized spacial score (nSPS) is 10.5. The summed E-state index contributed by atoms with van der Waals surface area (Å²) in [6.45, 7) is 4.52. The van der Waals surface area contributed by atoms with Gasteiger partial charge in [-0.1, -0.05) is 0 Å². The first-order valence-corrected chi connectivity index (χ1v) is 6.51. The minimum Gasteiger partial charge on any atom is -0.476 e. The fraction of sp³-hybridized carbons (Fsp3) is 0.286. The monoisotopic (exact) mass is 295 g/mol. The number of carbonyl (C=O) groups excluding carboxylic acids is 1. The summed E-state index contributed by atoms with van der Waals surface area (Å²) in [5.41, 5.74) is -0.0611. The molecule has 0 spiro atoms. The summed E-state index contributed by atoms with van der Waals surface area (Å²) in [7, 11) is 0. The van der Waals surface area contributed by atoms with Crippen LogP contribution in [0.25, 0.3) is 0 Å². The molecule has 0 saturated carbocycles. The fourth-order valence-corrected chi connectivity index (χ4v) is 1.75. The molecule has 1 N–H and O–H groups in total. The van der Waals surface area contributed by atoms with Crippen LogP contribution in [0.2, 0.25) is 0 Å². The molecule has 0 aliphatic carbocycles. The molecule has 5 nitrogen and oxygen atoms in total. The number of aryl methyl sites for hydroxylation is 1. The van der Waals surface area contributed by atoms with Crippen LogP contribution < -0.4 is 10.1 Å². The molecule has 0 aliphatic rings. The van der Waals surface area contributed by atoms with Gasteiger partial charge in [0.15, 0.2) is 0 Å². The summed E-state index contributed by atoms with van der Waals surface area (Å²) in [5.74, 6) is -1.80. The molecule has 2 aromatic rings. The third-order valence-electron chi connectivity index (χ3n) is 2.75. The second-order valence-electron chi connectivity index (χ2n) is 4.21. The number of ether oxygens (including phenoxy) is 1. The molecule has 0 fully saturated rings. The van der Waals surface area contributed by atoms with Crippen molar-refractivity contribution >= 4 is 11.6 Å². The SMILES string of the molecule is CCOc1nn(CC)cc1C(=O)Nc1cc(F)ccc1F. The number of nitrogens with zero attached hydrogens (tertiary/aromatic N) is 2. The quantitative estimate of drug-likeness (QED) is 0.922. The average molecular weight is 295 g/mol. The largest absolute Gasteiger partial charge is 0.476 e. The first-order chi connectivity index (χ1) is 10.0. The zero-order valence-corrected chi connectivity index (χ0v) is 11.7. The third-order valence-corrected chi connectivity index (χ3v) is 2.75. The Morgan fingerprint density at radius 3 is 2.81 bits per heavy atom. The number of benzene rings is 1. The first kappa shape index (κ1) is 15.0. The number of hydrogen-bond acceptors (Lipinski definition) is 3. The fourth-order valence-electron chi connectivity index (χ4n) is 1.75. The van der Waals surface area contributed by atoms with Crippen molar-refractivity contribution in [3.05, 3.63) is 41.6 Å². The molecule has 1 heterocycles. The molecule has 21 heavy (non-hydrogen) atoms. The van der Waals surface area contributed by atoms with Gasteiger partial charge < -0.3 is 10.1 Å². The summed E-state index contributed by atoms with van der Waals surface area (Å²) in [6.07, 6.45) is 1.50. The van der Waals surface area contributed by atoms with E-state index in [1.54, 1.807) is 6.92 Å². The summed E-state index contributed by atoms with van der Waals surface area (Å²) < 4.78 is 33.4. The Balaban J connectivity index is 2.27. The van der Waals surface area contributed by atoms with Crippen LogP contribution in [0.4, 0.5) is 14.5 Å². The lowest BCUT2D eigenvalue weighted by Crippen LogP contribution is -2.14. The summed E-state index contributed by atoms with van der Waals surface area (Å²) >= 11 is 0. The molecule has 112 valence electrons. The van der Waals surface area contributed by atoms with Gasteiger partial charge in [-0.05, 0) is 26.0 Å². The second kappa shape index (κ2) is 6.34. The number of anilines is 1. The smallest absolute Gasteiger partial charge is 0.262 e. The number of nitrogens with one attached hydrogen (secondary N) is 1. The summed E-state index contributed by atoms with van der Waals surface area (Å²) in [4.78, 5) is 12.2. The lowest BCUT2D eigenvalue weighted by molar-refractivity contribution is 0.102. The highest BCUT2D eigenvalue weighted by molar-refractivity contribution is 6.05. The maximum atomic E-state index is 13.5. The minimum atomic E-state index is -0.717.